The van der Waals surface area contributed by atoms with E-state index in [1.165, 1.54) is 24.3 Å². The standard InChI is InChI=1S/C14H16F3NO2S/c15-14(16,17)21-12-4-2-1-3-11(12)13(20)18-8-9-5-6-10(19)7-9/h1-4,9-10,19H,5-8H2,(H,18,20). The molecule has 0 bridgehead atoms. The van der Waals surface area contributed by atoms with E-state index < -0.39 is 11.4 Å². The zero-order chi connectivity index (χ0) is 15.5. The number of amides is 1. The molecular weight excluding hydrogens is 303 g/mol. The van der Waals surface area contributed by atoms with Crippen molar-refractivity contribution in [3.05, 3.63) is 29.8 Å². The first kappa shape index (κ1) is 16.2. The number of aliphatic hydroxyl groups is 1. The SMILES string of the molecule is O=C(NCC1CCC(O)C1)c1ccccc1SC(F)(F)F. The first-order chi connectivity index (χ1) is 9.85. The molecule has 1 aromatic carbocycles. The minimum Gasteiger partial charge on any atom is -0.393 e. The average molecular weight is 319 g/mol. The molecule has 0 radical (unpaired) electrons. The Labute approximate surface area is 124 Å². The predicted octanol–water partition coefficient (Wildman–Crippen LogP) is 3.19. The summed E-state index contributed by atoms with van der Waals surface area (Å²) in [7, 11) is 0. The van der Waals surface area contributed by atoms with Gasteiger partial charge in [-0.15, -0.1) is 0 Å². The maximum Gasteiger partial charge on any atom is 0.446 e. The van der Waals surface area contributed by atoms with E-state index in [0.717, 1.165) is 6.42 Å². The third kappa shape index (κ3) is 4.93. The molecule has 0 heterocycles. The van der Waals surface area contributed by atoms with Crippen molar-refractivity contribution >= 4 is 17.7 Å². The molecule has 1 saturated carbocycles. The van der Waals surface area contributed by atoms with E-state index in [-0.39, 0.29) is 34.2 Å². The van der Waals surface area contributed by atoms with Crippen molar-refractivity contribution < 1.29 is 23.1 Å². The van der Waals surface area contributed by atoms with E-state index in [2.05, 4.69) is 5.32 Å². The maximum absolute atomic E-state index is 12.5. The predicted molar refractivity (Wildman–Crippen MR) is 74.0 cm³/mol. The Morgan fingerprint density at radius 2 is 2.05 bits per heavy atom. The van der Waals surface area contributed by atoms with Crippen LogP contribution in [0.5, 0.6) is 0 Å². The smallest absolute Gasteiger partial charge is 0.393 e. The lowest BCUT2D eigenvalue weighted by molar-refractivity contribution is -0.0328. The Morgan fingerprint density at radius 3 is 2.67 bits per heavy atom. The number of halogens is 3. The second-order valence-corrected chi connectivity index (χ2v) is 6.19. The van der Waals surface area contributed by atoms with Gasteiger partial charge in [-0.1, -0.05) is 12.1 Å². The lowest BCUT2D eigenvalue weighted by Crippen LogP contribution is -2.29. The quantitative estimate of drug-likeness (QED) is 0.838. The molecule has 0 aliphatic heterocycles. The molecule has 1 fully saturated rings. The summed E-state index contributed by atoms with van der Waals surface area (Å²) in [6.45, 7) is 0.376. The van der Waals surface area contributed by atoms with Gasteiger partial charge >= 0.3 is 5.51 Å². The number of hydrogen-bond acceptors (Lipinski definition) is 3. The van der Waals surface area contributed by atoms with Crippen LogP contribution in [0, 0.1) is 5.92 Å². The van der Waals surface area contributed by atoms with Gasteiger partial charge in [0.2, 0.25) is 0 Å². The first-order valence-electron chi connectivity index (χ1n) is 6.66. The van der Waals surface area contributed by atoms with Crippen molar-refractivity contribution in [1.29, 1.82) is 0 Å². The molecule has 1 aliphatic rings. The summed E-state index contributed by atoms with van der Waals surface area (Å²) in [5, 5.41) is 12.1. The van der Waals surface area contributed by atoms with E-state index in [1.807, 2.05) is 0 Å². The highest BCUT2D eigenvalue weighted by Gasteiger charge is 2.31. The zero-order valence-corrected chi connectivity index (χ0v) is 12.0. The number of rotatable bonds is 4. The van der Waals surface area contributed by atoms with Gasteiger partial charge in [0.1, 0.15) is 0 Å². The highest BCUT2D eigenvalue weighted by Crippen LogP contribution is 2.38. The van der Waals surface area contributed by atoms with Crippen LogP contribution in [0.4, 0.5) is 13.2 Å². The topological polar surface area (TPSA) is 49.3 Å². The Bertz CT molecular complexity index is 507. The number of hydrogen-bond donors (Lipinski definition) is 2. The van der Waals surface area contributed by atoms with Crippen LogP contribution in [0.15, 0.2) is 29.2 Å². The number of carbonyl (C=O) groups excluding carboxylic acids is 1. The van der Waals surface area contributed by atoms with Crippen molar-refractivity contribution in [3.63, 3.8) is 0 Å². The summed E-state index contributed by atoms with van der Waals surface area (Å²) < 4.78 is 37.4. The number of nitrogens with one attached hydrogen (secondary N) is 1. The van der Waals surface area contributed by atoms with Gasteiger partial charge in [-0.2, -0.15) is 13.2 Å². The Kier molecular flexibility index (Phi) is 5.16. The minimum absolute atomic E-state index is 0.0263. The third-order valence-corrected chi connectivity index (χ3v) is 4.23. The van der Waals surface area contributed by atoms with Crippen molar-refractivity contribution in [2.75, 3.05) is 6.54 Å². The van der Waals surface area contributed by atoms with Crippen molar-refractivity contribution in [2.45, 2.75) is 35.8 Å². The molecule has 2 N–H and O–H groups in total. The Morgan fingerprint density at radius 1 is 1.33 bits per heavy atom. The Balaban J connectivity index is 1.98. The molecule has 7 heteroatoms. The first-order valence-corrected chi connectivity index (χ1v) is 7.48. The third-order valence-electron chi connectivity index (χ3n) is 3.42. The van der Waals surface area contributed by atoms with E-state index in [4.69, 9.17) is 0 Å². The molecule has 1 amide bonds. The maximum atomic E-state index is 12.5. The minimum atomic E-state index is -4.42. The van der Waals surface area contributed by atoms with E-state index in [0.29, 0.717) is 19.4 Å². The fourth-order valence-electron chi connectivity index (χ4n) is 2.43. The molecular formula is C14H16F3NO2S. The van der Waals surface area contributed by atoms with Crippen LogP contribution < -0.4 is 5.32 Å². The number of aliphatic hydroxyl groups excluding tert-OH is 1. The largest absolute Gasteiger partial charge is 0.446 e. The van der Waals surface area contributed by atoms with Crippen LogP contribution in [-0.2, 0) is 0 Å². The van der Waals surface area contributed by atoms with Gasteiger partial charge in [0.25, 0.3) is 5.91 Å². The molecule has 0 aromatic heterocycles. The molecule has 0 saturated heterocycles. The summed E-state index contributed by atoms with van der Waals surface area (Å²) in [5.41, 5.74) is -4.40. The van der Waals surface area contributed by atoms with E-state index in [9.17, 15) is 23.1 Å². The molecule has 1 aliphatic carbocycles. The van der Waals surface area contributed by atoms with Gasteiger partial charge in [0.05, 0.1) is 11.7 Å². The second-order valence-electron chi connectivity index (χ2n) is 5.09. The van der Waals surface area contributed by atoms with Crippen LogP contribution >= 0.6 is 11.8 Å². The molecule has 21 heavy (non-hydrogen) atoms. The van der Waals surface area contributed by atoms with Crippen LogP contribution in [-0.4, -0.2) is 29.2 Å². The zero-order valence-electron chi connectivity index (χ0n) is 11.2. The summed E-state index contributed by atoms with van der Waals surface area (Å²) in [6, 6.07) is 5.67. The van der Waals surface area contributed by atoms with Crippen LogP contribution in [0.2, 0.25) is 0 Å². The van der Waals surface area contributed by atoms with Gasteiger partial charge in [0, 0.05) is 11.4 Å². The summed E-state index contributed by atoms with van der Waals surface area (Å²) in [6.07, 6.45) is 1.82. The van der Waals surface area contributed by atoms with Gasteiger partial charge in [-0.25, -0.2) is 0 Å². The summed E-state index contributed by atoms with van der Waals surface area (Å²) >= 11 is -0.287. The van der Waals surface area contributed by atoms with E-state index >= 15 is 0 Å². The monoisotopic (exact) mass is 319 g/mol. The van der Waals surface area contributed by atoms with Crippen molar-refractivity contribution in [1.82, 2.24) is 5.32 Å². The van der Waals surface area contributed by atoms with Crippen LogP contribution in [0.1, 0.15) is 29.6 Å². The number of benzene rings is 1. The Hall–Kier alpha value is -1.21. The van der Waals surface area contributed by atoms with Gasteiger partial charge < -0.3 is 10.4 Å². The van der Waals surface area contributed by atoms with Crippen molar-refractivity contribution in [2.24, 2.45) is 5.92 Å². The van der Waals surface area contributed by atoms with Gasteiger partial charge in [0.15, 0.2) is 0 Å². The number of carbonyl (C=O) groups is 1. The number of thioether (sulfide) groups is 1. The second kappa shape index (κ2) is 6.70. The van der Waals surface area contributed by atoms with Crippen LogP contribution in [0.3, 0.4) is 0 Å². The van der Waals surface area contributed by atoms with Crippen LogP contribution in [0.25, 0.3) is 0 Å². The molecule has 2 rings (SSSR count). The van der Waals surface area contributed by atoms with Gasteiger partial charge in [-0.05, 0) is 49.1 Å². The van der Waals surface area contributed by atoms with Gasteiger partial charge in [-0.3, -0.25) is 4.79 Å². The highest BCUT2D eigenvalue weighted by molar-refractivity contribution is 8.00. The summed E-state index contributed by atoms with van der Waals surface area (Å²) in [5.74, 6) is -0.324. The van der Waals surface area contributed by atoms with Crippen molar-refractivity contribution in [3.8, 4) is 0 Å². The lowest BCUT2D eigenvalue weighted by atomic mass is 10.1. The summed E-state index contributed by atoms with van der Waals surface area (Å²) in [4.78, 5) is 11.9. The average Bonchev–Trinajstić information content (AvgIpc) is 2.80. The lowest BCUT2D eigenvalue weighted by Gasteiger charge is -2.13. The normalized spacial score (nSPS) is 22.3. The van der Waals surface area contributed by atoms with E-state index in [1.54, 1.807) is 0 Å². The molecule has 2 unspecified atom stereocenters. The molecule has 116 valence electrons. The fourth-order valence-corrected chi connectivity index (χ4v) is 3.10. The molecule has 0 spiro atoms. The highest BCUT2D eigenvalue weighted by atomic mass is 32.2. The molecule has 3 nitrogen and oxygen atoms in total. The molecule has 2 atom stereocenters. The fraction of sp³-hybridized carbons (Fsp3) is 0.500. The molecule has 1 aromatic rings. The number of alkyl halides is 3.